The van der Waals surface area contributed by atoms with Gasteiger partial charge in [0.1, 0.15) is 24.9 Å². The molecule has 1 saturated heterocycles. The van der Waals surface area contributed by atoms with Crippen molar-refractivity contribution in [3.63, 3.8) is 0 Å². The van der Waals surface area contributed by atoms with Crippen LogP contribution < -0.4 is 5.32 Å². The first-order valence-corrected chi connectivity index (χ1v) is 9.20. The fourth-order valence-corrected chi connectivity index (χ4v) is 2.54. The number of aliphatic hydroxyl groups is 1. The Morgan fingerprint density at radius 3 is 1.96 bits per heavy atom. The summed E-state index contributed by atoms with van der Waals surface area (Å²) in [7, 11) is 1.37. The van der Waals surface area contributed by atoms with Gasteiger partial charge in [-0.2, -0.15) is 0 Å². The van der Waals surface area contributed by atoms with Crippen LogP contribution in [-0.4, -0.2) is 67.3 Å². The number of aliphatic hydroxyl groups excluding tert-OH is 1. The van der Waals surface area contributed by atoms with Gasteiger partial charge in [-0.15, -0.1) is 0 Å². The lowest BCUT2D eigenvalue weighted by Gasteiger charge is -2.44. The standard InChI is InChI=1S/C19H33NO8/c1-10(21)20-12-14(25-8)13(28-17(24)19(5,6)7)11(27-15(12)22)9-26-16(23)18(2,3)4/h11-15,22H,9H2,1-8H3,(H,20,21)/t11-,12-,13+,14-,15+/m1/s1. The molecule has 0 aliphatic carbocycles. The van der Waals surface area contributed by atoms with E-state index < -0.39 is 59.3 Å². The normalized spacial score (nSPS) is 28.4. The Bertz CT molecular complexity index is 577. The first kappa shape index (κ1) is 24.3. The fourth-order valence-electron chi connectivity index (χ4n) is 2.54. The zero-order valence-corrected chi connectivity index (χ0v) is 17.9. The predicted molar refractivity (Wildman–Crippen MR) is 99.0 cm³/mol. The number of rotatable bonds is 5. The van der Waals surface area contributed by atoms with E-state index in [2.05, 4.69) is 5.32 Å². The third kappa shape index (κ3) is 6.42. The first-order chi connectivity index (χ1) is 12.7. The monoisotopic (exact) mass is 403 g/mol. The summed E-state index contributed by atoms with van der Waals surface area (Å²) < 4.78 is 21.9. The van der Waals surface area contributed by atoms with Crippen LogP contribution in [0.15, 0.2) is 0 Å². The van der Waals surface area contributed by atoms with Crippen molar-refractivity contribution in [1.29, 1.82) is 0 Å². The SMILES string of the molecule is CO[C@@H]1[C@@H](NC(C)=O)[C@@H](O)O[C@H](COC(=O)C(C)(C)C)[C@@H]1OC(=O)C(C)(C)C. The van der Waals surface area contributed by atoms with E-state index in [9.17, 15) is 19.5 Å². The maximum absolute atomic E-state index is 12.5. The second-order valence-electron chi connectivity index (χ2n) is 8.96. The van der Waals surface area contributed by atoms with Gasteiger partial charge in [-0.05, 0) is 41.5 Å². The number of carbonyl (C=O) groups is 3. The summed E-state index contributed by atoms with van der Waals surface area (Å²) in [6.45, 7) is 11.2. The molecule has 9 heteroatoms. The molecule has 0 saturated carbocycles. The maximum atomic E-state index is 12.5. The van der Waals surface area contributed by atoms with Gasteiger partial charge >= 0.3 is 11.9 Å². The van der Waals surface area contributed by atoms with E-state index in [4.69, 9.17) is 18.9 Å². The highest BCUT2D eigenvalue weighted by atomic mass is 16.7. The van der Waals surface area contributed by atoms with Crippen LogP contribution in [0.5, 0.6) is 0 Å². The minimum atomic E-state index is -1.43. The molecule has 2 N–H and O–H groups in total. The van der Waals surface area contributed by atoms with Crippen LogP contribution >= 0.6 is 0 Å². The van der Waals surface area contributed by atoms with E-state index >= 15 is 0 Å². The summed E-state index contributed by atoms with van der Waals surface area (Å²) in [5.41, 5.74) is -1.53. The molecule has 0 aromatic rings. The summed E-state index contributed by atoms with van der Waals surface area (Å²) in [6.07, 6.45) is -4.32. The molecule has 1 rings (SSSR count). The van der Waals surface area contributed by atoms with Crippen LogP contribution in [0.4, 0.5) is 0 Å². The fraction of sp³-hybridized carbons (Fsp3) is 0.842. The Labute approximate surface area is 166 Å². The largest absolute Gasteiger partial charge is 0.462 e. The van der Waals surface area contributed by atoms with Gasteiger partial charge in [0, 0.05) is 14.0 Å². The highest BCUT2D eigenvalue weighted by molar-refractivity contribution is 5.76. The Morgan fingerprint density at radius 2 is 1.54 bits per heavy atom. The van der Waals surface area contributed by atoms with Crippen molar-refractivity contribution >= 4 is 17.8 Å². The summed E-state index contributed by atoms with van der Waals surface area (Å²) in [5.74, 6) is -1.40. The minimum absolute atomic E-state index is 0.248. The van der Waals surface area contributed by atoms with Gasteiger partial charge < -0.3 is 29.4 Å². The molecule has 1 amide bonds. The summed E-state index contributed by atoms with van der Waals surface area (Å²) in [5, 5.41) is 12.9. The molecule has 5 atom stereocenters. The van der Waals surface area contributed by atoms with Gasteiger partial charge in [-0.3, -0.25) is 14.4 Å². The average Bonchev–Trinajstić information content (AvgIpc) is 2.53. The van der Waals surface area contributed by atoms with E-state index in [1.54, 1.807) is 41.5 Å². The summed E-state index contributed by atoms with van der Waals surface area (Å²) in [6, 6.07) is -0.963. The maximum Gasteiger partial charge on any atom is 0.311 e. The van der Waals surface area contributed by atoms with Crippen LogP contribution in [0.2, 0.25) is 0 Å². The lowest BCUT2D eigenvalue weighted by Crippen LogP contribution is -2.66. The molecule has 28 heavy (non-hydrogen) atoms. The highest BCUT2D eigenvalue weighted by Gasteiger charge is 2.49. The van der Waals surface area contributed by atoms with Crippen LogP contribution in [0.25, 0.3) is 0 Å². The van der Waals surface area contributed by atoms with Crippen molar-refractivity contribution in [2.45, 2.75) is 79.1 Å². The van der Waals surface area contributed by atoms with E-state index in [-0.39, 0.29) is 6.61 Å². The van der Waals surface area contributed by atoms with Crippen LogP contribution in [0, 0.1) is 10.8 Å². The second-order valence-corrected chi connectivity index (χ2v) is 8.96. The zero-order valence-electron chi connectivity index (χ0n) is 17.9. The summed E-state index contributed by atoms with van der Waals surface area (Å²) in [4.78, 5) is 36.1. The van der Waals surface area contributed by atoms with Crippen LogP contribution in [0.1, 0.15) is 48.5 Å². The predicted octanol–water partition coefficient (Wildman–Crippen LogP) is 0.771. The van der Waals surface area contributed by atoms with Gasteiger partial charge in [0.25, 0.3) is 0 Å². The third-order valence-electron chi connectivity index (χ3n) is 4.15. The quantitative estimate of drug-likeness (QED) is 0.646. The molecule has 0 aromatic heterocycles. The van der Waals surface area contributed by atoms with Crippen LogP contribution in [0.3, 0.4) is 0 Å². The Kier molecular flexibility index (Phi) is 7.99. The molecule has 1 aliphatic rings. The van der Waals surface area contributed by atoms with Crippen molar-refractivity contribution in [3.05, 3.63) is 0 Å². The molecule has 1 heterocycles. The Balaban J connectivity index is 3.11. The number of ether oxygens (including phenoxy) is 4. The molecule has 1 aliphatic heterocycles. The van der Waals surface area contributed by atoms with E-state index in [0.29, 0.717) is 0 Å². The highest BCUT2D eigenvalue weighted by Crippen LogP contribution is 2.28. The molecule has 9 nitrogen and oxygen atoms in total. The number of hydrogen-bond acceptors (Lipinski definition) is 8. The minimum Gasteiger partial charge on any atom is -0.462 e. The van der Waals surface area contributed by atoms with Crippen molar-refractivity contribution in [2.75, 3.05) is 13.7 Å². The molecular formula is C19H33NO8. The number of methoxy groups -OCH3 is 1. The lowest BCUT2D eigenvalue weighted by molar-refractivity contribution is -0.267. The molecule has 0 radical (unpaired) electrons. The topological polar surface area (TPSA) is 120 Å². The van der Waals surface area contributed by atoms with Gasteiger partial charge in [0.05, 0.1) is 10.8 Å². The molecule has 1 fully saturated rings. The number of hydrogen-bond donors (Lipinski definition) is 2. The van der Waals surface area contributed by atoms with Crippen molar-refractivity contribution in [1.82, 2.24) is 5.32 Å². The molecule has 0 aromatic carbocycles. The van der Waals surface area contributed by atoms with E-state index in [1.807, 2.05) is 0 Å². The number of nitrogens with one attached hydrogen (secondary N) is 1. The number of carbonyl (C=O) groups excluding carboxylic acids is 3. The molecule has 0 bridgehead atoms. The van der Waals surface area contributed by atoms with E-state index in [1.165, 1.54) is 14.0 Å². The molecule has 162 valence electrons. The Morgan fingerprint density at radius 1 is 1.00 bits per heavy atom. The lowest BCUT2D eigenvalue weighted by atomic mass is 9.94. The average molecular weight is 403 g/mol. The molecule has 0 spiro atoms. The van der Waals surface area contributed by atoms with Gasteiger partial charge in [0.15, 0.2) is 12.4 Å². The van der Waals surface area contributed by atoms with Gasteiger partial charge in [0.2, 0.25) is 5.91 Å². The van der Waals surface area contributed by atoms with Gasteiger partial charge in [-0.25, -0.2) is 0 Å². The third-order valence-corrected chi connectivity index (χ3v) is 4.15. The van der Waals surface area contributed by atoms with Crippen molar-refractivity contribution in [3.8, 4) is 0 Å². The first-order valence-electron chi connectivity index (χ1n) is 9.20. The van der Waals surface area contributed by atoms with Crippen molar-refractivity contribution < 1.29 is 38.4 Å². The van der Waals surface area contributed by atoms with E-state index in [0.717, 1.165) is 0 Å². The van der Waals surface area contributed by atoms with Gasteiger partial charge in [-0.1, -0.05) is 0 Å². The number of amides is 1. The van der Waals surface area contributed by atoms with Crippen LogP contribution in [-0.2, 0) is 33.3 Å². The molecular weight excluding hydrogens is 370 g/mol. The smallest absolute Gasteiger partial charge is 0.311 e. The second kappa shape index (κ2) is 9.19. The van der Waals surface area contributed by atoms with Crippen molar-refractivity contribution in [2.24, 2.45) is 10.8 Å². The Hall–Kier alpha value is -1.71. The zero-order chi connectivity index (χ0) is 21.9. The summed E-state index contributed by atoms with van der Waals surface area (Å²) >= 11 is 0. The number of esters is 2. The molecule has 0 unspecified atom stereocenters.